The Hall–Kier alpha value is -0.500. The van der Waals surface area contributed by atoms with E-state index in [1.54, 1.807) is 0 Å². The molecule has 0 N–H and O–H groups in total. The third-order valence-corrected chi connectivity index (χ3v) is 3.20. The lowest BCUT2D eigenvalue weighted by Gasteiger charge is -2.23. The van der Waals surface area contributed by atoms with Gasteiger partial charge >= 0.3 is 0 Å². The summed E-state index contributed by atoms with van der Waals surface area (Å²) in [5.74, 6) is 0. The molecule has 0 aliphatic carbocycles. The largest absolute Gasteiger partial charge is 0.372 e. The van der Waals surface area contributed by atoms with Crippen molar-refractivity contribution >= 4 is 21.6 Å². The molecule has 0 heterocycles. The Labute approximate surface area is 88.9 Å². The fourth-order valence-corrected chi connectivity index (χ4v) is 1.86. The van der Waals surface area contributed by atoms with E-state index >= 15 is 0 Å². The van der Waals surface area contributed by atoms with E-state index in [4.69, 9.17) is 0 Å². The Balaban J connectivity index is 3.05. The van der Waals surface area contributed by atoms with Gasteiger partial charge in [-0.15, -0.1) is 0 Å². The maximum absolute atomic E-state index is 3.55. The number of anilines is 1. The first kappa shape index (κ1) is 10.6. The highest BCUT2D eigenvalue weighted by Crippen LogP contribution is 2.26. The van der Waals surface area contributed by atoms with E-state index in [1.165, 1.54) is 15.7 Å². The van der Waals surface area contributed by atoms with E-state index < -0.39 is 0 Å². The number of hydrogen-bond donors (Lipinski definition) is 0. The molecule has 13 heavy (non-hydrogen) atoms. The molecule has 0 unspecified atom stereocenters. The van der Waals surface area contributed by atoms with Crippen molar-refractivity contribution in [3.8, 4) is 0 Å². The maximum Gasteiger partial charge on any atom is 0.0407 e. The fourth-order valence-electron chi connectivity index (χ4n) is 1.50. The van der Waals surface area contributed by atoms with Gasteiger partial charge in [-0.05, 0) is 38.5 Å². The third kappa shape index (κ3) is 2.25. The van der Waals surface area contributed by atoms with E-state index in [0.29, 0.717) is 0 Å². The molecular weight excluding hydrogens is 226 g/mol. The van der Waals surface area contributed by atoms with Crippen LogP contribution in [0.15, 0.2) is 22.7 Å². The van der Waals surface area contributed by atoms with Crippen molar-refractivity contribution in [2.45, 2.75) is 20.8 Å². The SMILES string of the molecule is CCN(CC)c1cccc(Br)c1C. The van der Waals surface area contributed by atoms with Crippen molar-refractivity contribution in [3.63, 3.8) is 0 Å². The summed E-state index contributed by atoms with van der Waals surface area (Å²) in [7, 11) is 0. The summed E-state index contributed by atoms with van der Waals surface area (Å²) in [6.45, 7) is 8.65. The van der Waals surface area contributed by atoms with Crippen LogP contribution in [-0.4, -0.2) is 13.1 Å². The van der Waals surface area contributed by atoms with Crippen LogP contribution in [0.25, 0.3) is 0 Å². The van der Waals surface area contributed by atoms with E-state index in [-0.39, 0.29) is 0 Å². The second kappa shape index (κ2) is 4.66. The average molecular weight is 242 g/mol. The number of nitrogens with zero attached hydrogens (tertiary/aromatic N) is 1. The number of hydrogen-bond acceptors (Lipinski definition) is 1. The third-order valence-electron chi connectivity index (χ3n) is 2.34. The van der Waals surface area contributed by atoms with Crippen LogP contribution < -0.4 is 4.90 Å². The topological polar surface area (TPSA) is 3.24 Å². The van der Waals surface area contributed by atoms with Gasteiger partial charge in [-0.25, -0.2) is 0 Å². The first-order valence-corrected chi connectivity index (χ1v) is 5.50. The van der Waals surface area contributed by atoms with Crippen LogP contribution in [0.5, 0.6) is 0 Å². The van der Waals surface area contributed by atoms with Crippen LogP contribution in [0.2, 0.25) is 0 Å². The zero-order valence-electron chi connectivity index (χ0n) is 8.47. The molecular formula is C11H16BrN. The zero-order chi connectivity index (χ0) is 9.84. The van der Waals surface area contributed by atoms with E-state index in [0.717, 1.165) is 13.1 Å². The molecule has 0 bridgehead atoms. The Morgan fingerprint density at radius 3 is 2.38 bits per heavy atom. The minimum Gasteiger partial charge on any atom is -0.372 e. The summed E-state index contributed by atoms with van der Waals surface area (Å²) in [6.07, 6.45) is 0. The van der Waals surface area contributed by atoms with Gasteiger partial charge in [0, 0.05) is 23.2 Å². The number of rotatable bonds is 3. The predicted octanol–water partition coefficient (Wildman–Crippen LogP) is 3.60. The van der Waals surface area contributed by atoms with Gasteiger partial charge in [-0.1, -0.05) is 22.0 Å². The maximum atomic E-state index is 3.55. The molecule has 0 aromatic heterocycles. The van der Waals surface area contributed by atoms with Gasteiger partial charge in [0.15, 0.2) is 0 Å². The molecule has 0 atom stereocenters. The lowest BCUT2D eigenvalue weighted by atomic mass is 10.2. The first-order valence-electron chi connectivity index (χ1n) is 4.70. The molecule has 2 heteroatoms. The quantitative estimate of drug-likeness (QED) is 0.782. The Morgan fingerprint density at radius 1 is 1.23 bits per heavy atom. The highest BCUT2D eigenvalue weighted by atomic mass is 79.9. The Bertz CT molecular complexity index is 279. The fraction of sp³-hybridized carbons (Fsp3) is 0.455. The van der Waals surface area contributed by atoms with Crippen molar-refractivity contribution in [1.82, 2.24) is 0 Å². The lowest BCUT2D eigenvalue weighted by Crippen LogP contribution is -2.22. The lowest BCUT2D eigenvalue weighted by molar-refractivity contribution is 0.861. The van der Waals surface area contributed by atoms with Crippen molar-refractivity contribution in [1.29, 1.82) is 0 Å². The summed E-state index contributed by atoms with van der Waals surface area (Å²) < 4.78 is 1.19. The number of benzene rings is 1. The van der Waals surface area contributed by atoms with Crippen LogP contribution in [0.4, 0.5) is 5.69 Å². The summed E-state index contributed by atoms with van der Waals surface area (Å²) in [5, 5.41) is 0. The van der Waals surface area contributed by atoms with Crippen LogP contribution in [0.3, 0.4) is 0 Å². The molecule has 1 rings (SSSR count). The van der Waals surface area contributed by atoms with Crippen molar-refractivity contribution in [3.05, 3.63) is 28.2 Å². The highest BCUT2D eigenvalue weighted by Gasteiger charge is 2.06. The summed E-state index contributed by atoms with van der Waals surface area (Å²) >= 11 is 3.55. The van der Waals surface area contributed by atoms with Crippen LogP contribution in [0, 0.1) is 6.92 Å². The molecule has 0 radical (unpaired) electrons. The van der Waals surface area contributed by atoms with Gasteiger partial charge in [0.1, 0.15) is 0 Å². The van der Waals surface area contributed by atoms with E-state index in [1.807, 2.05) is 0 Å². The zero-order valence-corrected chi connectivity index (χ0v) is 10.1. The monoisotopic (exact) mass is 241 g/mol. The normalized spacial score (nSPS) is 10.2. The summed E-state index contributed by atoms with van der Waals surface area (Å²) in [5.41, 5.74) is 2.66. The molecule has 0 amide bonds. The molecule has 0 saturated heterocycles. The molecule has 72 valence electrons. The van der Waals surface area contributed by atoms with Crippen molar-refractivity contribution < 1.29 is 0 Å². The second-order valence-corrected chi connectivity index (χ2v) is 3.91. The van der Waals surface area contributed by atoms with Crippen molar-refractivity contribution in [2.24, 2.45) is 0 Å². The Kier molecular flexibility index (Phi) is 3.79. The predicted molar refractivity (Wildman–Crippen MR) is 62.4 cm³/mol. The Morgan fingerprint density at radius 2 is 1.85 bits per heavy atom. The van der Waals surface area contributed by atoms with Gasteiger partial charge in [0.25, 0.3) is 0 Å². The smallest absolute Gasteiger partial charge is 0.0407 e. The second-order valence-electron chi connectivity index (χ2n) is 3.06. The van der Waals surface area contributed by atoms with E-state index in [9.17, 15) is 0 Å². The molecule has 0 aliphatic rings. The van der Waals surface area contributed by atoms with Crippen molar-refractivity contribution in [2.75, 3.05) is 18.0 Å². The molecule has 0 saturated carbocycles. The summed E-state index contributed by atoms with van der Waals surface area (Å²) in [4.78, 5) is 2.36. The van der Waals surface area contributed by atoms with Gasteiger partial charge < -0.3 is 4.90 Å². The average Bonchev–Trinajstić information content (AvgIpc) is 2.14. The molecule has 1 aromatic rings. The standard InChI is InChI=1S/C11H16BrN/c1-4-13(5-2)11-8-6-7-10(12)9(11)3/h6-8H,4-5H2,1-3H3. The summed E-state index contributed by atoms with van der Waals surface area (Å²) in [6, 6.07) is 6.35. The number of halogens is 1. The van der Waals surface area contributed by atoms with E-state index in [2.05, 4.69) is 59.8 Å². The molecule has 0 aliphatic heterocycles. The van der Waals surface area contributed by atoms with Gasteiger partial charge in [0.05, 0.1) is 0 Å². The van der Waals surface area contributed by atoms with Gasteiger partial charge in [0.2, 0.25) is 0 Å². The minimum absolute atomic E-state index is 1.06. The molecule has 0 fully saturated rings. The first-order chi connectivity index (χ1) is 6.20. The van der Waals surface area contributed by atoms with Gasteiger partial charge in [-0.2, -0.15) is 0 Å². The molecule has 1 nitrogen and oxygen atoms in total. The van der Waals surface area contributed by atoms with Crippen LogP contribution >= 0.6 is 15.9 Å². The minimum atomic E-state index is 1.06. The molecule has 1 aromatic carbocycles. The highest BCUT2D eigenvalue weighted by molar-refractivity contribution is 9.10. The molecule has 0 spiro atoms. The van der Waals surface area contributed by atoms with Gasteiger partial charge in [-0.3, -0.25) is 0 Å². The van der Waals surface area contributed by atoms with Crippen LogP contribution in [-0.2, 0) is 0 Å². The van der Waals surface area contributed by atoms with Crippen LogP contribution in [0.1, 0.15) is 19.4 Å².